The van der Waals surface area contributed by atoms with Crippen LogP contribution in [0.25, 0.3) is 0 Å². The van der Waals surface area contributed by atoms with Crippen LogP contribution >= 0.6 is 23.2 Å². The maximum atomic E-state index is 6.02. The highest BCUT2D eigenvalue weighted by atomic mass is 35.5. The van der Waals surface area contributed by atoms with Gasteiger partial charge in [-0.3, -0.25) is 0 Å². The Morgan fingerprint density at radius 3 is 2.67 bits per heavy atom. The second kappa shape index (κ2) is 4.12. The summed E-state index contributed by atoms with van der Waals surface area (Å²) in [5.41, 5.74) is 1.13. The minimum absolute atomic E-state index is 0.633. The van der Waals surface area contributed by atoms with E-state index in [1.165, 1.54) is 5.19 Å². The summed E-state index contributed by atoms with van der Waals surface area (Å²) in [5.74, 6) is 0. The molecular formula is C9H10Cl2Si. The highest BCUT2D eigenvalue weighted by Crippen LogP contribution is 2.24. The van der Waals surface area contributed by atoms with Gasteiger partial charge in [0.25, 0.3) is 0 Å². The number of allylic oxidation sites excluding steroid dienone is 1. The lowest BCUT2D eigenvalue weighted by atomic mass is 10.1. The molecule has 0 nitrogen and oxygen atoms in total. The maximum absolute atomic E-state index is 6.02. The van der Waals surface area contributed by atoms with Gasteiger partial charge in [-0.1, -0.05) is 40.5 Å². The van der Waals surface area contributed by atoms with E-state index in [0.717, 1.165) is 22.2 Å². The monoisotopic (exact) mass is 216 g/mol. The summed E-state index contributed by atoms with van der Waals surface area (Å²) >= 11 is 11.9. The van der Waals surface area contributed by atoms with E-state index in [2.05, 4.69) is 6.58 Å². The summed E-state index contributed by atoms with van der Waals surface area (Å²) < 4.78 is 0. The second-order valence-electron chi connectivity index (χ2n) is 2.65. The summed E-state index contributed by atoms with van der Waals surface area (Å²) in [6.45, 7) is 3.68. The van der Waals surface area contributed by atoms with Gasteiger partial charge in [-0.2, -0.15) is 0 Å². The summed E-state index contributed by atoms with van der Waals surface area (Å²) in [6.07, 6.45) is 2.65. The molecule has 0 bridgehead atoms. The molecule has 0 amide bonds. The molecule has 1 aromatic rings. The van der Waals surface area contributed by atoms with Crippen molar-refractivity contribution in [3.63, 3.8) is 0 Å². The molecule has 64 valence electrons. The van der Waals surface area contributed by atoms with Crippen LogP contribution in [0, 0.1) is 0 Å². The minimum atomic E-state index is 0.633. The Hall–Kier alpha value is -0.243. The molecule has 0 fully saturated rings. The summed E-state index contributed by atoms with van der Waals surface area (Å²) in [4.78, 5) is 0. The molecule has 0 heterocycles. The normalized spacial score (nSPS) is 10.2. The molecule has 0 atom stereocenters. The van der Waals surface area contributed by atoms with Crippen LogP contribution in [0.4, 0.5) is 0 Å². The van der Waals surface area contributed by atoms with Gasteiger partial charge in [-0.25, -0.2) is 0 Å². The number of benzene rings is 1. The number of rotatable bonds is 2. The first-order chi connectivity index (χ1) is 5.66. The lowest BCUT2D eigenvalue weighted by molar-refractivity contribution is 1.30. The molecule has 12 heavy (non-hydrogen) atoms. The number of halogens is 2. The van der Waals surface area contributed by atoms with E-state index in [1.54, 1.807) is 0 Å². The van der Waals surface area contributed by atoms with Crippen LogP contribution in [0.15, 0.2) is 24.8 Å². The van der Waals surface area contributed by atoms with E-state index < -0.39 is 0 Å². The van der Waals surface area contributed by atoms with Crippen molar-refractivity contribution in [1.29, 1.82) is 0 Å². The molecule has 0 N–H and O–H groups in total. The van der Waals surface area contributed by atoms with Gasteiger partial charge in [0.05, 0.1) is 10.0 Å². The van der Waals surface area contributed by atoms with Gasteiger partial charge >= 0.3 is 0 Å². The molecule has 1 aromatic carbocycles. The molecule has 0 saturated carbocycles. The first kappa shape index (κ1) is 9.84. The molecule has 0 aliphatic carbocycles. The molecular weight excluding hydrogens is 207 g/mol. The molecule has 3 heteroatoms. The van der Waals surface area contributed by atoms with Crippen LogP contribution in [0.5, 0.6) is 0 Å². The fraction of sp³-hybridized carbons (Fsp3) is 0.111. The fourth-order valence-corrected chi connectivity index (χ4v) is 2.33. The van der Waals surface area contributed by atoms with E-state index in [-0.39, 0.29) is 0 Å². The van der Waals surface area contributed by atoms with Crippen LogP contribution in [-0.2, 0) is 6.42 Å². The van der Waals surface area contributed by atoms with Gasteiger partial charge < -0.3 is 0 Å². The molecule has 1 rings (SSSR count). The zero-order valence-corrected chi connectivity index (χ0v) is 10.4. The van der Waals surface area contributed by atoms with Crippen LogP contribution < -0.4 is 5.19 Å². The van der Waals surface area contributed by atoms with Gasteiger partial charge in [0.1, 0.15) is 0 Å². The first-order valence-electron chi connectivity index (χ1n) is 3.71. The van der Waals surface area contributed by atoms with E-state index >= 15 is 0 Å². The van der Waals surface area contributed by atoms with Crippen molar-refractivity contribution in [2.45, 2.75) is 6.42 Å². The molecule has 0 spiro atoms. The standard InChI is InChI=1S/C9H10Cl2Si/c1-2-3-6-8(12)5-4-7(10)9(6)11/h2,4-5H,1,3H2,12H3. The Morgan fingerprint density at radius 2 is 2.08 bits per heavy atom. The fourth-order valence-electron chi connectivity index (χ4n) is 1.08. The van der Waals surface area contributed by atoms with Crippen LogP contribution in [0.3, 0.4) is 0 Å². The van der Waals surface area contributed by atoms with Gasteiger partial charge in [-0.15, -0.1) is 6.58 Å². The van der Waals surface area contributed by atoms with Crippen LogP contribution in [0.2, 0.25) is 10.0 Å². The average molecular weight is 217 g/mol. The Kier molecular flexibility index (Phi) is 3.38. The Balaban J connectivity index is 3.22. The topological polar surface area (TPSA) is 0 Å². The first-order valence-corrected chi connectivity index (χ1v) is 5.46. The van der Waals surface area contributed by atoms with Crippen molar-refractivity contribution in [3.05, 3.63) is 40.4 Å². The highest BCUT2D eigenvalue weighted by molar-refractivity contribution is 6.44. The summed E-state index contributed by atoms with van der Waals surface area (Å²) in [5, 5.41) is 2.61. The molecule has 0 aromatic heterocycles. The SMILES string of the molecule is C=CCc1c([SiH3])ccc(Cl)c1Cl. The maximum Gasteiger partial charge on any atom is 0.0625 e. The van der Waals surface area contributed by atoms with Crippen molar-refractivity contribution < 1.29 is 0 Å². The van der Waals surface area contributed by atoms with Gasteiger partial charge in [0.15, 0.2) is 0 Å². The van der Waals surface area contributed by atoms with Crippen molar-refractivity contribution in [1.82, 2.24) is 0 Å². The minimum Gasteiger partial charge on any atom is -0.103 e. The zero-order chi connectivity index (χ0) is 9.14. The number of hydrogen-bond donors (Lipinski definition) is 0. The molecule has 0 unspecified atom stereocenters. The van der Waals surface area contributed by atoms with E-state index in [9.17, 15) is 0 Å². The Morgan fingerprint density at radius 1 is 1.42 bits per heavy atom. The van der Waals surface area contributed by atoms with Gasteiger partial charge in [0.2, 0.25) is 0 Å². The molecule has 0 saturated heterocycles. The quantitative estimate of drug-likeness (QED) is 0.522. The largest absolute Gasteiger partial charge is 0.103 e. The van der Waals surface area contributed by atoms with Crippen molar-refractivity contribution in [2.75, 3.05) is 0 Å². The predicted molar refractivity (Wildman–Crippen MR) is 59.9 cm³/mol. The van der Waals surface area contributed by atoms with E-state index in [1.807, 2.05) is 18.2 Å². The third-order valence-corrected chi connectivity index (χ3v) is 3.56. The number of hydrogen-bond acceptors (Lipinski definition) is 0. The highest BCUT2D eigenvalue weighted by Gasteiger charge is 2.05. The van der Waals surface area contributed by atoms with Gasteiger partial charge in [0, 0.05) is 10.2 Å². The summed E-state index contributed by atoms with van der Waals surface area (Å²) in [7, 11) is 0.995. The van der Waals surface area contributed by atoms with E-state index in [4.69, 9.17) is 23.2 Å². The van der Waals surface area contributed by atoms with Crippen LogP contribution in [0.1, 0.15) is 5.56 Å². The van der Waals surface area contributed by atoms with Crippen molar-refractivity contribution in [3.8, 4) is 0 Å². The zero-order valence-electron chi connectivity index (χ0n) is 6.90. The summed E-state index contributed by atoms with van der Waals surface area (Å²) in [6, 6.07) is 3.87. The van der Waals surface area contributed by atoms with Gasteiger partial charge in [-0.05, 0) is 18.1 Å². The molecule has 0 aliphatic rings. The molecule has 0 aliphatic heterocycles. The van der Waals surface area contributed by atoms with E-state index in [0.29, 0.717) is 10.0 Å². The molecule has 0 radical (unpaired) electrons. The predicted octanol–water partition coefficient (Wildman–Crippen LogP) is 1.71. The third-order valence-electron chi connectivity index (χ3n) is 1.78. The third kappa shape index (κ3) is 1.92. The van der Waals surface area contributed by atoms with Crippen molar-refractivity contribution >= 4 is 38.6 Å². The Labute approximate surface area is 85.6 Å². The van der Waals surface area contributed by atoms with Crippen molar-refractivity contribution in [2.24, 2.45) is 0 Å². The second-order valence-corrected chi connectivity index (χ2v) is 4.51. The Bertz CT molecular complexity index is 308. The average Bonchev–Trinajstić information content (AvgIpc) is 2.06. The lowest BCUT2D eigenvalue weighted by Gasteiger charge is -2.06. The lowest BCUT2D eigenvalue weighted by Crippen LogP contribution is -2.10. The van der Waals surface area contributed by atoms with Crippen LogP contribution in [-0.4, -0.2) is 10.2 Å². The smallest absolute Gasteiger partial charge is 0.0625 e.